The van der Waals surface area contributed by atoms with Gasteiger partial charge in [0.2, 0.25) is 0 Å². The lowest BCUT2D eigenvalue weighted by atomic mass is 10.0. The summed E-state index contributed by atoms with van der Waals surface area (Å²) in [5.41, 5.74) is 3.86. The summed E-state index contributed by atoms with van der Waals surface area (Å²) in [7, 11) is 1.92. The fourth-order valence-electron chi connectivity index (χ4n) is 2.87. The molecular weight excluding hydrogens is 310 g/mol. The van der Waals surface area contributed by atoms with Gasteiger partial charge in [-0.15, -0.1) is 0 Å². The van der Waals surface area contributed by atoms with Crippen LogP contribution in [0.25, 0.3) is 0 Å². The van der Waals surface area contributed by atoms with Gasteiger partial charge in [-0.1, -0.05) is 44.2 Å². The number of carbonyl (C=O) groups excluding carboxylic acids is 1. The molecule has 0 bridgehead atoms. The zero-order chi connectivity index (χ0) is 18.1. The van der Waals surface area contributed by atoms with Crippen molar-refractivity contribution in [2.75, 3.05) is 32.0 Å². The number of amides is 1. The summed E-state index contributed by atoms with van der Waals surface area (Å²) in [6.45, 7) is 8.12. The van der Waals surface area contributed by atoms with E-state index in [1.54, 1.807) is 0 Å². The Bertz CT molecular complexity index is 680. The molecule has 1 amide bonds. The summed E-state index contributed by atoms with van der Waals surface area (Å²) >= 11 is 0. The van der Waals surface area contributed by atoms with Gasteiger partial charge in [-0.3, -0.25) is 9.69 Å². The van der Waals surface area contributed by atoms with Crippen LogP contribution in [-0.4, -0.2) is 37.5 Å². The SMILES string of the molecule is CCN(CC)Cc1cccc(NC(=O)c2ccccc2CCNC)c1. The first-order valence-electron chi connectivity index (χ1n) is 9.03. The van der Waals surface area contributed by atoms with Crippen molar-refractivity contribution < 1.29 is 4.79 Å². The molecule has 0 fully saturated rings. The van der Waals surface area contributed by atoms with Crippen molar-refractivity contribution in [1.82, 2.24) is 10.2 Å². The van der Waals surface area contributed by atoms with Gasteiger partial charge in [0, 0.05) is 17.8 Å². The highest BCUT2D eigenvalue weighted by molar-refractivity contribution is 6.05. The molecule has 0 atom stereocenters. The van der Waals surface area contributed by atoms with Gasteiger partial charge in [-0.2, -0.15) is 0 Å². The topological polar surface area (TPSA) is 44.4 Å². The van der Waals surface area contributed by atoms with E-state index in [1.807, 2.05) is 43.4 Å². The van der Waals surface area contributed by atoms with Crippen LogP contribution in [0.5, 0.6) is 0 Å². The van der Waals surface area contributed by atoms with Crippen molar-refractivity contribution in [3.63, 3.8) is 0 Å². The lowest BCUT2D eigenvalue weighted by molar-refractivity contribution is 0.102. The first-order chi connectivity index (χ1) is 12.2. The van der Waals surface area contributed by atoms with E-state index in [4.69, 9.17) is 0 Å². The largest absolute Gasteiger partial charge is 0.322 e. The lowest BCUT2D eigenvalue weighted by Gasteiger charge is -2.18. The Morgan fingerprint density at radius 1 is 1.04 bits per heavy atom. The minimum absolute atomic E-state index is 0.0494. The van der Waals surface area contributed by atoms with Gasteiger partial charge in [0.1, 0.15) is 0 Å². The quantitative estimate of drug-likeness (QED) is 0.734. The molecule has 0 aliphatic carbocycles. The van der Waals surface area contributed by atoms with Crippen LogP contribution < -0.4 is 10.6 Å². The second-order valence-corrected chi connectivity index (χ2v) is 6.13. The molecule has 25 heavy (non-hydrogen) atoms. The minimum Gasteiger partial charge on any atom is -0.322 e. The fraction of sp³-hybridized carbons (Fsp3) is 0.381. The summed E-state index contributed by atoms with van der Waals surface area (Å²) in [6.07, 6.45) is 0.835. The predicted molar refractivity (Wildman–Crippen MR) is 105 cm³/mol. The van der Waals surface area contributed by atoms with Crippen LogP contribution in [0.3, 0.4) is 0 Å². The Balaban J connectivity index is 2.10. The van der Waals surface area contributed by atoms with Gasteiger partial charge < -0.3 is 10.6 Å². The second kappa shape index (κ2) is 9.97. The van der Waals surface area contributed by atoms with E-state index in [0.717, 1.165) is 49.4 Å². The van der Waals surface area contributed by atoms with Crippen LogP contribution in [0.1, 0.15) is 35.3 Å². The zero-order valence-corrected chi connectivity index (χ0v) is 15.5. The summed E-state index contributed by atoms with van der Waals surface area (Å²) in [5, 5.41) is 6.18. The van der Waals surface area contributed by atoms with Crippen molar-refractivity contribution in [1.29, 1.82) is 0 Å². The molecule has 0 aromatic heterocycles. The van der Waals surface area contributed by atoms with Crippen LogP contribution >= 0.6 is 0 Å². The summed E-state index contributed by atoms with van der Waals surface area (Å²) in [5.74, 6) is -0.0494. The number of benzene rings is 2. The van der Waals surface area contributed by atoms with Gasteiger partial charge >= 0.3 is 0 Å². The number of hydrogen-bond donors (Lipinski definition) is 2. The van der Waals surface area contributed by atoms with Gasteiger partial charge in [-0.05, 0) is 62.4 Å². The van der Waals surface area contributed by atoms with Gasteiger partial charge in [0.25, 0.3) is 5.91 Å². The molecule has 134 valence electrons. The molecule has 4 nitrogen and oxygen atoms in total. The highest BCUT2D eigenvalue weighted by Crippen LogP contribution is 2.16. The van der Waals surface area contributed by atoms with E-state index in [1.165, 1.54) is 5.56 Å². The third-order valence-corrected chi connectivity index (χ3v) is 4.39. The molecular formula is C21H29N3O. The van der Waals surface area contributed by atoms with Crippen molar-refractivity contribution in [2.45, 2.75) is 26.8 Å². The average molecular weight is 339 g/mol. The molecule has 0 heterocycles. The third-order valence-electron chi connectivity index (χ3n) is 4.39. The Labute approximate surface area is 151 Å². The number of rotatable bonds is 9. The van der Waals surface area contributed by atoms with Crippen LogP contribution in [0, 0.1) is 0 Å². The Morgan fingerprint density at radius 2 is 1.80 bits per heavy atom. The number of hydrogen-bond acceptors (Lipinski definition) is 3. The number of likely N-dealkylation sites (N-methyl/N-ethyl adjacent to an activating group) is 1. The molecule has 0 radical (unpaired) electrons. The van der Waals surface area contributed by atoms with Crippen molar-refractivity contribution >= 4 is 11.6 Å². The number of anilines is 1. The van der Waals surface area contributed by atoms with E-state index in [-0.39, 0.29) is 5.91 Å². The molecule has 0 saturated heterocycles. The lowest BCUT2D eigenvalue weighted by Crippen LogP contribution is -2.22. The van der Waals surface area contributed by atoms with E-state index in [2.05, 4.69) is 41.5 Å². The first kappa shape index (κ1) is 19.2. The number of carbonyl (C=O) groups is 1. The maximum atomic E-state index is 12.7. The Kier molecular flexibility index (Phi) is 7.64. The van der Waals surface area contributed by atoms with Crippen molar-refractivity contribution in [3.8, 4) is 0 Å². The zero-order valence-electron chi connectivity index (χ0n) is 15.5. The molecule has 2 N–H and O–H groups in total. The predicted octanol–water partition coefficient (Wildman–Crippen LogP) is 3.54. The van der Waals surface area contributed by atoms with Crippen molar-refractivity contribution in [2.24, 2.45) is 0 Å². The van der Waals surface area contributed by atoms with Crippen molar-refractivity contribution in [3.05, 3.63) is 65.2 Å². The normalized spacial score (nSPS) is 10.9. The Morgan fingerprint density at radius 3 is 2.52 bits per heavy atom. The molecule has 2 aromatic rings. The van der Waals surface area contributed by atoms with E-state index in [0.29, 0.717) is 0 Å². The molecule has 2 rings (SSSR count). The smallest absolute Gasteiger partial charge is 0.255 e. The van der Waals surface area contributed by atoms with Crippen LogP contribution in [0.15, 0.2) is 48.5 Å². The number of nitrogens with zero attached hydrogens (tertiary/aromatic N) is 1. The molecule has 0 aliphatic rings. The summed E-state index contributed by atoms with van der Waals surface area (Å²) in [4.78, 5) is 15.1. The fourth-order valence-corrected chi connectivity index (χ4v) is 2.87. The van der Waals surface area contributed by atoms with Crippen LogP contribution in [0.2, 0.25) is 0 Å². The molecule has 2 aromatic carbocycles. The van der Waals surface area contributed by atoms with E-state index >= 15 is 0 Å². The van der Waals surface area contributed by atoms with E-state index in [9.17, 15) is 4.79 Å². The maximum Gasteiger partial charge on any atom is 0.255 e. The monoisotopic (exact) mass is 339 g/mol. The van der Waals surface area contributed by atoms with E-state index < -0.39 is 0 Å². The van der Waals surface area contributed by atoms with Gasteiger partial charge in [-0.25, -0.2) is 0 Å². The Hall–Kier alpha value is -2.17. The minimum atomic E-state index is -0.0494. The highest BCUT2D eigenvalue weighted by Gasteiger charge is 2.11. The van der Waals surface area contributed by atoms with Gasteiger partial charge in [0.15, 0.2) is 0 Å². The number of nitrogens with one attached hydrogen (secondary N) is 2. The maximum absolute atomic E-state index is 12.7. The molecule has 0 aliphatic heterocycles. The standard InChI is InChI=1S/C21H29N3O/c1-4-24(5-2)16-17-9-8-11-19(15-17)23-21(25)20-12-7-6-10-18(20)13-14-22-3/h6-12,15,22H,4-5,13-14,16H2,1-3H3,(H,23,25). The van der Waals surface area contributed by atoms with Crippen LogP contribution in [-0.2, 0) is 13.0 Å². The molecule has 0 spiro atoms. The molecule has 4 heteroatoms. The highest BCUT2D eigenvalue weighted by atomic mass is 16.1. The second-order valence-electron chi connectivity index (χ2n) is 6.13. The first-order valence-corrected chi connectivity index (χ1v) is 9.03. The summed E-state index contributed by atoms with van der Waals surface area (Å²) in [6, 6.07) is 15.9. The van der Waals surface area contributed by atoms with Crippen LogP contribution in [0.4, 0.5) is 5.69 Å². The average Bonchev–Trinajstić information content (AvgIpc) is 2.65. The third kappa shape index (κ3) is 5.69. The summed E-state index contributed by atoms with van der Waals surface area (Å²) < 4.78 is 0. The molecule has 0 saturated carbocycles. The van der Waals surface area contributed by atoms with Gasteiger partial charge in [0.05, 0.1) is 0 Å². The molecule has 0 unspecified atom stereocenters.